The normalized spacial score (nSPS) is 11.9. The van der Waals surface area contributed by atoms with E-state index in [0.717, 1.165) is 9.87 Å². The third kappa shape index (κ3) is 6.24. The average Bonchev–Trinajstić information content (AvgIpc) is 2.87. The second kappa shape index (κ2) is 11.6. The Labute approximate surface area is 206 Å². The maximum Gasteiger partial charge on any atom is 0.264 e. The zero-order valence-electron chi connectivity index (χ0n) is 20.2. The van der Waals surface area contributed by atoms with Crippen LogP contribution in [0, 0.1) is 0 Å². The van der Waals surface area contributed by atoms with Gasteiger partial charge in [0.05, 0.1) is 37.5 Å². The van der Waals surface area contributed by atoms with Gasteiger partial charge in [0.2, 0.25) is 5.91 Å². The SMILES string of the molecule is CCOc1ccc(S(=O)(=O)N(CC(=O)N[C@H](C)c2ccc(OC)c(OC)c2)c2ccccc2)cc1. The molecule has 0 aromatic heterocycles. The maximum atomic E-state index is 13.5. The summed E-state index contributed by atoms with van der Waals surface area (Å²) in [5.41, 5.74) is 1.17. The number of hydrogen-bond donors (Lipinski definition) is 1. The summed E-state index contributed by atoms with van der Waals surface area (Å²) in [4.78, 5) is 13.1. The number of ether oxygens (including phenoxy) is 3. The summed E-state index contributed by atoms with van der Waals surface area (Å²) in [6, 6.07) is 19.6. The highest BCUT2D eigenvalue weighted by atomic mass is 32.2. The van der Waals surface area contributed by atoms with E-state index in [1.807, 2.05) is 19.9 Å². The summed E-state index contributed by atoms with van der Waals surface area (Å²) >= 11 is 0. The zero-order valence-corrected chi connectivity index (χ0v) is 21.0. The van der Waals surface area contributed by atoms with Crippen molar-refractivity contribution in [2.24, 2.45) is 0 Å². The minimum atomic E-state index is -4.02. The molecular weight excluding hydrogens is 468 g/mol. The third-order valence-corrected chi connectivity index (χ3v) is 7.13. The standard InChI is InChI=1S/C26H30N2O6S/c1-5-34-22-12-14-23(15-13-22)35(30,31)28(21-9-7-6-8-10-21)18-26(29)27-19(2)20-11-16-24(32-3)25(17-20)33-4/h6-17,19H,5,18H2,1-4H3,(H,27,29)/t19-/m1/s1. The van der Waals surface area contributed by atoms with Gasteiger partial charge < -0.3 is 19.5 Å². The lowest BCUT2D eigenvalue weighted by atomic mass is 10.1. The van der Waals surface area contributed by atoms with Crippen molar-refractivity contribution in [3.05, 3.63) is 78.4 Å². The maximum absolute atomic E-state index is 13.5. The topological polar surface area (TPSA) is 94.2 Å². The quantitative estimate of drug-likeness (QED) is 0.426. The molecule has 3 aromatic carbocycles. The molecule has 35 heavy (non-hydrogen) atoms. The molecule has 0 aliphatic carbocycles. The van der Waals surface area contributed by atoms with Crippen LogP contribution in [0.25, 0.3) is 0 Å². The van der Waals surface area contributed by atoms with Crippen molar-refractivity contribution in [3.63, 3.8) is 0 Å². The van der Waals surface area contributed by atoms with Gasteiger partial charge in [-0.15, -0.1) is 0 Å². The predicted octanol–water partition coefficient (Wildman–Crippen LogP) is 4.18. The Morgan fingerprint density at radius 2 is 1.60 bits per heavy atom. The van der Waals surface area contributed by atoms with Crippen molar-refractivity contribution in [2.75, 3.05) is 31.7 Å². The Bertz CT molecular complexity index is 1230. The van der Waals surface area contributed by atoms with Gasteiger partial charge in [0.15, 0.2) is 11.5 Å². The predicted molar refractivity (Wildman–Crippen MR) is 135 cm³/mol. The first-order valence-corrected chi connectivity index (χ1v) is 12.6. The molecule has 0 bridgehead atoms. The summed E-state index contributed by atoms with van der Waals surface area (Å²) in [5.74, 6) is 1.23. The number of rotatable bonds is 11. The molecule has 0 unspecified atom stereocenters. The molecule has 1 atom stereocenters. The molecule has 1 N–H and O–H groups in total. The number of anilines is 1. The van der Waals surface area contributed by atoms with Crippen LogP contribution in [0.4, 0.5) is 5.69 Å². The Morgan fingerprint density at radius 3 is 2.20 bits per heavy atom. The summed E-state index contributed by atoms with van der Waals surface area (Å²) in [6.07, 6.45) is 0. The van der Waals surface area contributed by atoms with Gasteiger partial charge >= 0.3 is 0 Å². The number of benzene rings is 3. The van der Waals surface area contributed by atoms with Gasteiger partial charge in [-0.2, -0.15) is 0 Å². The number of para-hydroxylation sites is 1. The summed E-state index contributed by atoms with van der Waals surface area (Å²) < 4.78 is 44.1. The van der Waals surface area contributed by atoms with Crippen molar-refractivity contribution in [1.82, 2.24) is 5.32 Å². The van der Waals surface area contributed by atoms with Crippen LogP contribution in [-0.2, 0) is 14.8 Å². The minimum absolute atomic E-state index is 0.0607. The van der Waals surface area contributed by atoms with Gasteiger partial charge in [0.1, 0.15) is 12.3 Å². The first kappa shape index (κ1) is 25.9. The fourth-order valence-corrected chi connectivity index (χ4v) is 4.96. The van der Waals surface area contributed by atoms with Gasteiger partial charge in [-0.05, 0) is 67.9 Å². The van der Waals surface area contributed by atoms with Gasteiger partial charge in [-0.3, -0.25) is 9.10 Å². The number of methoxy groups -OCH3 is 2. The van der Waals surface area contributed by atoms with Gasteiger partial charge in [0.25, 0.3) is 10.0 Å². The molecule has 3 rings (SSSR count). The molecule has 0 spiro atoms. The molecule has 3 aromatic rings. The van der Waals surface area contributed by atoms with Crippen molar-refractivity contribution in [3.8, 4) is 17.2 Å². The van der Waals surface area contributed by atoms with Crippen molar-refractivity contribution < 1.29 is 27.4 Å². The lowest BCUT2D eigenvalue weighted by molar-refractivity contribution is -0.120. The number of amides is 1. The molecule has 0 aliphatic heterocycles. The van der Waals surface area contributed by atoms with Crippen molar-refractivity contribution >= 4 is 21.6 Å². The molecule has 0 aliphatic rings. The fourth-order valence-electron chi connectivity index (χ4n) is 3.53. The first-order chi connectivity index (χ1) is 16.8. The van der Waals surface area contributed by atoms with E-state index in [2.05, 4.69) is 5.32 Å². The van der Waals surface area contributed by atoms with Crippen LogP contribution in [-0.4, -0.2) is 41.7 Å². The molecule has 0 fully saturated rings. The number of sulfonamides is 1. The van der Waals surface area contributed by atoms with E-state index in [-0.39, 0.29) is 4.90 Å². The van der Waals surface area contributed by atoms with Crippen molar-refractivity contribution in [1.29, 1.82) is 0 Å². The number of carbonyl (C=O) groups excluding carboxylic acids is 1. The van der Waals surface area contributed by atoms with Gasteiger partial charge in [-0.25, -0.2) is 8.42 Å². The van der Waals surface area contributed by atoms with Crippen LogP contribution in [0.1, 0.15) is 25.5 Å². The van der Waals surface area contributed by atoms with E-state index in [1.165, 1.54) is 19.2 Å². The largest absolute Gasteiger partial charge is 0.494 e. The number of nitrogens with one attached hydrogen (secondary N) is 1. The van der Waals surface area contributed by atoms with Gasteiger partial charge in [-0.1, -0.05) is 24.3 Å². The van der Waals surface area contributed by atoms with E-state index in [4.69, 9.17) is 14.2 Å². The fraction of sp³-hybridized carbons (Fsp3) is 0.269. The van der Waals surface area contributed by atoms with Gasteiger partial charge in [0, 0.05) is 0 Å². The zero-order chi connectivity index (χ0) is 25.4. The van der Waals surface area contributed by atoms with Crippen LogP contribution in [0.3, 0.4) is 0 Å². The van der Waals surface area contributed by atoms with Crippen LogP contribution >= 0.6 is 0 Å². The van der Waals surface area contributed by atoms with E-state index in [9.17, 15) is 13.2 Å². The summed E-state index contributed by atoms with van der Waals surface area (Å²) in [7, 11) is -0.937. The van der Waals surface area contributed by atoms with E-state index >= 15 is 0 Å². The highest BCUT2D eigenvalue weighted by Crippen LogP contribution is 2.30. The Kier molecular flexibility index (Phi) is 8.59. The molecule has 186 valence electrons. The Morgan fingerprint density at radius 1 is 0.943 bits per heavy atom. The second-order valence-electron chi connectivity index (χ2n) is 7.66. The number of nitrogens with zero attached hydrogens (tertiary/aromatic N) is 1. The van der Waals surface area contributed by atoms with Crippen LogP contribution in [0.2, 0.25) is 0 Å². The molecule has 8 nitrogen and oxygen atoms in total. The average molecular weight is 499 g/mol. The van der Waals surface area contributed by atoms with Crippen LogP contribution < -0.4 is 23.8 Å². The number of carbonyl (C=O) groups is 1. The molecule has 9 heteroatoms. The Hall–Kier alpha value is -3.72. The summed E-state index contributed by atoms with van der Waals surface area (Å²) in [5, 5.41) is 2.87. The second-order valence-corrected chi connectivity index (χ2v) is 9.52. The van der Waals surface area contributed by atoms with E-state index in [0.29, 0.717) is 29.5 Å². The molecule has 0 saturated heterocycles. The highest BCUT2D eigenvalue weighted by Gasteiger charge is 2.28. The van der Waals surface area contributed by atoms with E-state index in [1.54, 1.807) is 61.7 Å². The summed E-state index contributed by atoms with van der Waals surface area (Å²) in [6.45, 7) is 3.74. The first-order valence-electron chi connectivity index (χ1n) is 11.1. The molecule has 0 heterocycles. The van der Waals surface area contributed by atoms with Crippen LogP contribution in [0.15, 0.2) is 77.7 Å². The molecule has 1 amide bonds. The van der Waals surface area contributed by atoms with E-state index < -0.39 is 28.5 Å². The monoisotopic (exact) mass is 498 g/mol. The molecular formula is C26H30N2O6S. The van der Waals surface area contributed by atoms with Crippen molar-refractivity contribution in [2.45, 2.75) is 24.8 Å². The highest BCUT2D eigenvalue weighted by molar-refractivity contribution is 7.92. The Balaban J connectivity index is 1.84. The smallest absolute Gasteiger partial charge is 0.264 e. The molecule has 0 radical (unpaired) electrons. The molecule has 0 saturated carbocycles. The third-order valence-electron chi connectivity index (χ3n) is 5.34. The number of hydrogen-bond acceptors (Lipinski definition) is 6. The van der Waals surface area contributed by atoms with Crippen LogP contribution in [0.5, 0.6) is 17.2 Å². The lowest BCUT2D eigenvalue weighted by Gasteiger charge is -2.25. The minimum Gasteiger partial charge on any atom is -0.494 e. The lowest BCUT2D eigenvalue weighted by Crippen LogP contribution is -2.41.